The van der Waals surface area contributed by atoms with Crippen LogP contribution >= 0.6 is 23.1 Å². The van der Waals surface area contributed by atoms with Crippen molar-refractivity contribution in [1.82, 2.24) is 20.2 Å². The number of carbonyl (C=O) groups excluding carboxylic acids is 1. The summed E-state index contributed by atoms with van der Waals surface area (Å²) in [6.45, 7) is 3.99. The molecule has 1 amide bonds. The summed E-state index contributed by atoms with van der Waals surface area (Å²) in [5, 5.41) is 12.8. The van der Waals surface area contributed by atoms with Gasteiger partial charge in [-0.1, -0.05) is 67.3 Å². The molecule has 0 spiro atoms. The van der Waals surface area contributed by atoms with Crippen LogP contribution in [-0.2, 0) is 11.2 Å². The lowest BCUT2D eigenvalue weighted by Crippen LogP contribution is -2.24. The van der Waals surface area contributed by atoms with Crippen LogP contribution in [0.5, 0.6) is 0 Å². The van der Waals surface area contributed by atoms with Crippen molar-refractivity contribution in [3.63, 3.8) is 0 Å². The number of aromatic nitrogens is 4. The molecule has 2 heterocycles. The van der Waals surface area contributed by atoms with E-state index in [0.29, 0.717) is 11.6 Å². The molecule has 2 aromatic heterocycles. The van der Waals surface area contributed by atoms with E-state index in [0.717, 1.165) is 27.7 Å². The molecule has 26 heavy (non-hydrogen) atoms. The van der Waals surface area contributed by atoms with Crippen LogP contribution in [0.2, 0.25) is 0 Å². The van der Waals surface area contributed by atoms with E-state index < -0.39 is 0 Å². The Balaban J connectivity index is 1.70. The third-order valence-electron chi connectivity index (χ3n) is 3.64. The second kappa shape index (κ2) is 8.86. The van der Waals surface area contributed by atoms with Gasteiger partial charge >= 0.3 is 0 Å². The highest BCUT2D eigenvalue weighted by Crippen LogP contribution is 2.28. The molecular formula is C18H19N5OS2. The number of carbonyl (C=O) groups is 1. The summed E-state index contributed by atoms with van der Waals surface area (Å²) in [5.41, 5.74) is 1.87. The zero-order chi connectivity index (χ0) is 18.4. The molecule has 1 N–H and O–H groups in total. The van der Waals surface area contributed by atoms with Gasteiger partial charge in [-0.05, 0) is 18.9 Å². The molecule has 0 aliphatic rings. The fourth-order valence-corrected chi connectivity index (χ4v) is 3.87. The van der Waals surface area contributed by atoms with Crippen LogP contribution in [0.3, 0.4) is 0 Å². The van der Waals surface area contributed by atoms with E-state index in [9.17, 15) is 4.79 Å². The van der Waals surface area contributed by atoms with Crippen LogP contribution in [0.4, 0.5) is 5.13 Å². The highest BCUT2D eigenvalue weighted by atomic mass is 32.2. The fourth-order valence-electron chi connectivity index (χ4n) is 2.27. The Labute approximate surface area is 160 Å². The van der Waals surface area contributed by atoms with Gasteiger partial charge in [-0.25, -0.2) is 9.97 Å². The maximum Gasteiger partial charge on any atom is 0.239 e. The third kappa shape index (κ3) is 4.64. The smallest absolute Gasteiger partial charge is 0.239 e. The Morgan fingerprint density at radius 2 is 2.00 bits per heavy atom. The minimum atomic E-state index is -0.262. The van der Waals surface area contributed by atoms with Crippen molar-refractivity contribution in [1.29, 1.82) is 0 Å². The van der Waals surface area contributed by atoms with Crippen LogP contribution in [0.1, 0.15) is 25.3 Å². The molecule has 134 valence electrons. The quantitative estimate of drug-likeness (QED) is 0.488. The number of aryl methyl sites for hydroxylation is 1. The topological polar surface area (TPSA) is 80.7 Å². The first-order valence-electron chi connectivity index (χ1n) is 8.37. The molecule has 1 atom stereocenters. The lowest BCUT2D eigenvalue weighted by Gasteiger charge is -2.13. The Morgan fingerprint density at radius 3 is 2.69 bits per heavy atom. The SMILES string of the molecule is CCc1nnc(NC(=O)C(CC)Sc2cc(-c3ccccc3)ncn2)s1. The number of nitrogens with one attached hydrogen (secondary N) is 1. The van der Waals surface area contributed by atoms with Gasteiger partial charge in [0.25, 0.3) is 0 Å². The molecule has 3 aromatic rings. The molecule has 0 saturated heterocycles. The summed E-state index contributed by atoms with van der Waals surface area (Å²) < 4.78 is 0. The predicted octanol–water partition coefficient (Wildman–Crippen LogP) is 4.07. The first-order valence-corrected chi connectivity index (χ1v) is 10.1. The van der Waals surface area contributed by atoms with Crippen molar-refractivity contribution in [2.24, 2.45) is 0 Å². The normalized spacial score (nSPS) is 11.9. The van der Waals surface area contributed by atoms with E-state index in [1.165, 1.54) is 29.4 Å². The second-order valence-corrected chi connectivity index (χ2v) is 7.75. The molecule has 0 aliphatic heterocycles. The predicted molar refractivity (Wildman–Crippen MR) is 105 cm³/mol. The van der Waals surface area contributed by atoms with Gasteiger partial charge in [0.15, 0.2) is 0 Å². The first-order chi connectivity index (χ1) is 12.7. The largest absolute Gasteiger partial charge is 0.300 e. The highest BCUT2D eigenvalue weighted by molar-refractivity contribution is 8.00. The van der Waals surface area contributed by atoms with Crippen LogP contribution in [0.25, 0.3) is 11.3 Å². The van der Waals surface area contributed by atoms with Crippen LogP contribution in [0.15, 0.2) is 47.8 Å². The zero-order valence-electron chi connectivity index (χ0n) is 14.5. The van der Waals surface area contributed by atoms with Gasteiger partial charge in [0, 0.05) is 5.56 Å². The monoisotopic (exact) mass is 385 g/mol. The van der Waals surface area contributed by atoms with Crippen LogP contribution in [0, 0.1) is 0 Å². The molecule has 0 fully saturated rings. The number of hydrogen-bond acceptors (Lipinski definition) is 7. The van der Waals surface area contributed by atoms with Gasteiger partial charge in [0.05, 0.1) is 10.9 Å². The highest BCUT2D eigenvalue weighted by Gasteiger charge is 2.20. The van der Waals surface area contributed by atoms with E-state index in [1.807, 2.05) is 50.2 Å². The Kier molecular flexibility index (Phi) is 6.30. The van der Waals surface area contributed by atoms with Gasteiger partial charge in [-0.2, -0.15) is 0 Å². The maximum atomic E-state index is 12.6. The van der Waals surface area contributed by atoms with Gasteiger partial charge in [0.2, 0.25) is 11.0 Å². The number of rotatable bonds is 7. The number of benzene rings is 1. The third-order valence-corrected chi connectivity index (χ3v) is 5.92. The average molecular weight is 386 g/mol. The Morgan fingerprint density at radius 1 is 1.19 bits per heavy atom. The summed E-state index contributed by atoms with van der Waals surface area (Å²) in [6.07, 6.45) is 3.02. The molecule has 3 rings (SSSR count). The molecule has 0 radical (unpaired) electrons. The van der Waals surface area contributed by atoms with E-state index in [1.54, 1.807) is 0 Å². The molecular weight excluding hydrogens is 366 g/mol. The van der Waals surface area contributed by atoms with Gasteiger partial charge in [-0.3, -0.25) is 10.1 Å². The molecule has 1 aromatic carbocycles. The summed E-state index contributed by atoms with van der Waals surface area (Å²) in [6, 6.07) is 11.8. The molecule has 6 nitrogen and oxygen atoms in total. The average Bonchev–Trinajstić information content (AvgIpc) is 3.14. The molecule has 0 bridgehead atoms. The number of nitrogens with zero attached hydrogens (tertiary/aromatic N) is 4. The molecule has 1 unspecified atom stereocenters. The summed E-state index contributed by atoms with van der Waals surface area (Å²) in [4.78, 5) is 21.2. The van der Waals surface area contributed by atoms with E-state index in [2.05, 4.69) is 25.5 Å². The number of thioether (sulfide) groups is 1. The minimum Gasteiger partial charge on any atom is -0.300 e. The number of amides is 1. The van der Waals surface area contributed by atoms with E-state index >= 15 is 0 Å². The fraction of sp³-hybridized carbons (Fsp3) is 0.278. The maximum absolute atomic E-state index is 12.6. The van der Waals surface area contributed by atoms with Crippen molar-refractivity contribution in [3.05, 3.63) is 47.7 Å². The minimum absolute atomic E-state index is 0.0869. The zero-order valence-corrected chi connectivity index (χ0v) is 16.2. The van der Waals surface area contributed by atoms with E-state index in [4.69, 9.17) is 0 Å². The first kappa shape index (κ1) is 18.5. The van der Waals surface area contributed by atoms with Crippen molar-refractivity contribution in [3.8, 4) is 11.3 Å². The van der Waals surface area contributed by atoms with Crippen molar-refractivity contribution < 1.29 is 4.79 Å². The van der Waals surface area contributed by atoms with Gasteiger partial charge < -0.3 is 0 Å². The molecule has 0 aliphatic carbocycles. The molecule has 8 heteroatoms. The standard InChI is InChI=1S/C18H19N5OS2/c1-3-14(17(24)21-18-23-22-15(4-2)26-18)25-16-10-13(19-11-20-16)12-8-6-5-7-9-12/h5-11,14H,3-4H2,1-2H3,(H,21,23,24). The van der Waals surface area contributed by atoms with Crippen molar-refractivity contribution in [2.45, 2.75) is 37.0 Å². The van der Waals surface area contributed by atoms with Gasteiger partial charge in [0.1, 0.15) is 16.4 Å². The van der Waals surface area contributed by atoms with Gasteiger partial charge in [-0.15, -0.1) is 10.2 Å². The lowest BCUT2D eigenvalue weighted by atomic mass is 10.1. The number of anilines is 1. The van der Waals surface area contributed by atoms with Crippen LogP contribution in [-0.4, -0.2) is 31.3 Å². The van der Waals surface area contributed by atoms with Crippen molar-refractivity contribution >= 4 is 34.1 Å². The lowest BCUT2D eigenvalue weighted by molar-refractivity contribution is -0.115. The summed E-state index contributed by atoms with van der Waals surface area (Å²) in [7, 11) is 0. The second-order valence-electron chi connectivity index (χ2n) is 5.47. The number of hydrogen-bond donors (Lipinski definition) is 1. The van der Waals surface area contributed by atoms with E-state index in [-0.39, 0.29) is 11.2 Å². The Hall–Kier alpha value is -2.32. The molecule has 0 saturated carbocycles. The Bertz CT molecular complexity index is 869. The van der Waals surface area contributed by atoms with Crippen LogP contribution < -0.4 is 5.32 Å². The summed E-state index contributed by atoms with van der Waals surface area (Å²) >= 11 is 2.84. The van der Waals surface area contributed by atoms with Crippen molar-refractivity contribution in [2.75, 3.05) is 5.32 Å². The summed E-state index contributed by atoms with van der Waals surface area (Å²) in [5.74, 6) is -0.0869.